The third kappa shape index (κ3) is 9.01. The fourth-order valence-electron chi connectivity index (χ4n) is 2.16. The van der Waals surface area contributed by atoms with Crippen molar-refractivity contribution in [2.45, 2.75) is 32.7 Å². The number of nitrogens with zero attached hydrogens (tertiary/aromatic N) is 5. The Hall–Kier alpha value is -1.42. The van der Waals surface area contributed by atoms with Crippen LogP contribution < -0.4 is 10.6 Å². The van der Waals surface area contributed by atoms with Gasteiger partial charge < -0.3 is 15.2 Å². The van der Waals surface area contributed by atoms with E-state index in [1.165, 1.54) is 0 Å². The van der Waals surface area contributed by atoms with Gasteiger partial charge in [0.05, 0.1) is 0 Å². The minimum Gasteiger partial charge on any atom is -0.357 e. The summed E-state index contributed by atoms with van der Waals surface area (Å²) >= 11 is 5.79. The summed E-state index contributed by atoms with van der Waals surface area (Å²) in [6, 6.07) is 3.80. The van der Waals surface area contributed by atoms with Gasteiger partial charge in [0.2, 0.25) is 0 Å². The van der Waals surface area contributed by atoms with Gasteiger partial charge in [0.1, 0.15) is 17.8 Å². The average Bonchev–Trinajstić information content (AvgIpc) is 3.10. The van der Waals surface area contributed by atoms with Crippen molar-refractivity contribution < 1.29 is 0 Å². The number of pyridine rings is 1. The van der Waals surface area contributed by atoms with E-state index in [0.717, 1.165) is 57.0 Å². The molecule has 0 aromatic carbocycles. The molecule has 0 fully saturated rings. The van der Waals surface area contributed by atoms with E-state index in [9.17, 15) is 0 Å². The number of nitrogens with one attached hydrogen (secondary N) is 2. The second kappa shape index (κ2) is 12.9. The fourth-order valence-corrected chi connectivity index (χ4v) is 2.27. The van der Waals surface area contributed by atoms with Crippen LogP contribution in [0.15, 0.2) is 36.0 Å². The summed E-state index contributed by atoms with van der Waals surface area (Å²) in [5.74, 6) is 0.851. The molecule has 0 radical (unpaired) electrons. The predicted octanol–water partition coefficient (Wildman–Crippen LogP) is 2.52. The number of halogens is 2. The zero-order valence-corrected chi connectivity index (χ0v) is 17.4. The summed E-state index contributed by atoms with van der Waals surface area (Å²) in [6.07, 6.45) is 8.23. The molecule has 2 aromatic heterocycles. The Balaban J connectivity index is 0.00000312. The van der Waals surface area contributed by atoms with E-state index in [2.05, 4.69) is 37.7 Å². The highest BCUT2D eigenvalue weighted by Crippen LogP contribution is 2.05. The number of aliphatic imine (C=N–C) groups is 1. The molecule has 0 bridgehead atoms. The maximum Gasteiger partial charge on any atom is 0.191 e. The Kier molecular flexibility index (Phi) is 11.1. The summed E-state index contributed by atoms with van der Waals surface area (Å²) in [7, 11) is 0. The second-order valence-electron chi connectivity index (χ2n) is 5.33. The number of guanidine groups is 1. The molecule has 9 heteroatoms. The summed E-state index contributed by atoms with van der Waals surface area (Å²) in [5, 5.41) is 14.7. The van der Waals surface area contributed by atoms with Gasteiger partial charge in [0.15, 0.2) is 5.96 Å². The molecule has 0 unspecified atom stereocenters. The van der Waals surface area contributed by atoms with Crippen LogP contribution >= 0.6 is 35.6 Å². The molecule has 2 heterocycles. The molecule has 2 N–H and O–H groups in total. The number of unbranched alkanes of at least 4 members (excludes halogenated alkanes) is 1. The molecule has 0 aliphatic heterocycles. The molecule has 7 nitrogen and oxygen atoms in total. The highest BCUT2D eigenvalue weighted by Gasteiger charge is 1.99. The predicted molar refractivity (Wildman–Crippen MR) is 112 cm³/mol. The van der Waals surface area contributed by atoms with Crippen molar-refractivity contribution in [2.75, 3.05) is 19.6 Å². The monoisotopic (exact) mass is 477 g/mol. The first-order valence-electron chi connectivity index (χ1n) is 8.23. The smallest absolute Gasteiger partial charge is 0.191 e. The maximum atomic E-state index is 5.79. The van der Waals surface area contributed by atoms with Crippen molar-refractivity contribution in [3.05, 3.63) is 41.7 Å². The van der Waals surface area contributed by atoms with Crippen molar-refractivity contribution in [2.24, 2.45) is 4.99 Å². The second-order valence-corrected chi connectivity index (χ2v) is 5.72. The van der Waals surface area contributed by atoms with Gasteiger partial charge in [-0.3, -0.25) is 4.99 Å². The minimum absolute atomic E-state index is 0. The fraction of sp³-hybridized carbons (Fsp3) is 0.500. The lowest BCUT2D eigenvalue weighted by atomic mass is 10.2. The normalized spacial score (nSPS) is 11.0. The van der Waals surface area contributed by atoms with Gasteiger partial charge in [-0.2, -0.15) is 0 Å². The minimum atomic E-state index is 0. The number of aryl methyl sites for hydroxylation is 1. The first-order chi connectivity index (χ1) is 11.8. The zero-order chi connectivity index (χ0) is 17.0. The largest absolute Gasteiger partial charge is 0.357 e. The van der Waals surface area contributed by atoms with Gasteiger partial charge in [-0.25, -0.2) is 4.98 Å². The Morgan fingerprint density at radius 2 is 2.00 bits per heavy atom. The van der Waals surface area contributed by atoms with Crippen LogP contribution in [0.1, 0.15) is 25.3 Å². The summed E-state index contributed by atoms with van der Waals surface area (Å²) in [6.45, 7) is 5.42. The highest BCUT2D eigenvalue weighted by molar-refractivity contribution is 14.0. The van der Waals surface area contributed by atoms with E-state index in [1.807, 2.05) is 16.7 Å². The van der Waals surface area contributed by atoms with Crippen LogP contribution in [0.3, 0.4) is 0 Å². The third-order valence-electron chi connectivity index (χ3n) is 3.40. The number of hydrogen-bond donors (Lipinski definition) is 2. The first-order valence-corrected chi connectivity index (χ1v) is 8.60. The Morgan fingerprint density at radius 3 is 2.68 bits per heavy atom. The van der Waals surface area contributed by atoms with Crippen LogP contribution in [0.25, 0.3) is 0 Å². The number of aromatic nitrogens is 4. The average molecular weight is 478 g/mol. The van der Waals surface area contributed by atoms with E-state index in [1.54, 1.807) is 18.9 Å². The molecule has 25 heavy (non-hydrogen) atoms. The standard InChI is InChI=1S/C16H24ClN7.HI/c1-2-18-16(19-8-3-4-10-24-12-22-23-13-24)20-9-7-14-5-6-15(17)21-11-14;/h5-6,11-13H,2-4,7-10H2,1H3,(H2,18,19,20);1H. The van der Waals surface area contributed by atoms with E-state index in [4.69, 9.17) is 11.6 Å². The van der Waals surface area contributed by atoms with Crippen LogP contribution in [0, 0.1) is 0 Å². The summed E-state index contributed by atoms with van der Waals surface area (Å²) in [5.41, 5.74) is 1.15. The topological polar surface area (TPSA) is 80.0 Å². The van der Waals surface area contributed by atoms with Crippen molar-refractivity contribution in [3.63, 3.8) is 0 Å². The third-order valence-corrected chi connectivity index (χ3v) is 3.62. The molecular formula is C16H25ClIN7. The molecule has 138 valence electrons. The van der Waals surface area contributed by atoms with E-state index >= 15 is 0 Å². The molecule has 0 amide bonds. The van der Waals surface area contributed by atoms with Gasteiger partial charge in [0.25, 0.3) is 0 Å². The number of rotatable bonds is 9. The van der Waals surface area contributed by atoms with Crippen LogP contribution in [-0.2, 0) is 13.0 Å². The maximum absolute atomic E-state index is 5.79. The van der Waals surface area contributed by atoms with Gasteiger partial charge in [-0.1, -0.05) is 17.7 Å². The molecule has 0 saturated heterocycles. The molecule has 0 atom stereocenters. The molecule has 0 saturated carbocycles. The van der Waals surface area contributed by atoms with Crippen LogP contribution in [0.2, 0.25) is 5.15 Å². The Bertz CT molecular complexity index is 601. The zero-order valence-electron chi connectivity index (χ0n) is 14.4. The first kappa shape index (κ1) is 21.6. The molecular weight excluding hydrogens is 453 g/mol. The molecule has 0 spiro atoms. The van der Waals surface area contributed by atoms with E-state index in [0.29, 0.717) is 5.15 Å². The summed E-state index contributed by atoms with van der Waals surface area (Å²) in [4.78, 5) is 8.68. The van der Waals surface area contributed by atoms with Crippen molar-refractivity contribution >= 4 is 41.5 Å². The van der Waals surface area contributed by atoms with Gasteiger partial charge >= 0.3 is 0 Å². The molecule has 0 aliphatic carbocycles. The lowest BCUT2D eigenvalue weighted by Crippen LogP contribution is -2.38. The van der Waals surface area contributed by atoms with Crippen LogP contribution in [0.5, 0.6) is 0 Å². The van der Waals surface area contributed by atoms with Gasteiger partial charge in [-0.05, 0) is 37.8 Å². The summed E-state index contributed by atoms with van der Waals surface area (Å²) < 4.78 is 1.98. The number of hydrogen-bond acceptors (Lipinski definition) is 4. The highest BCUT2D eigenvalue weighted by atomic mass is 127. The molecule has 0 aliphatic rings. The van der Waals surface area contributed by atoms with E-state index in [-0.39, 0.29) is 24.0 Å². The lowest BCUT2D eigenvalue weighted by molar-refractivity contribution is 0.611. The van der Waals surface area contributed by atoms with Gasteiger partial charge in [-0.15, -0.1) is 34.2 Å². The quantitative estimate of drug-likeness (QED) is 0.191. The van der Waals surface area contributed by atoms with Crippen molar-refractivity contribution in [1.29, 1.82) is 0 Å². The van der Waals surface area contributed by atoms with Crippen molar-refractivity contribution in [3.8, 4) is 0 Å². The van der Waals surface area contributed by atoms with Crippen LogP contribution in [-0.4, -0.2) is 45.3 Å². The van der Waals surface area contributed by atoms with E-state index < -0.39 is 0 Å². The Morgan fingerprint density at radius 1 is 1.20 bits per heavy atom. The molecule has 2 aromatic rings. The van der Waals surface area contributed by atoms with Crippen molar-refractivity contribution in [1.82, 2.24) is 30.4 Å². The SMILES string of the molecule is CCNC(=NCCCCn1cnnc1)NCCc1ccc(Cl)nc1.I. The van der Waals surface area contributed by atoms with Gasteiger partial charge in [0, 0.05) is 32.4 Å². The molecule has 2 rings (SSSR count). The Labute approximate surface area is 170 Å². The lowest BCUT2D eigenvalue weighted by Gasteiger charge is -2.11. The van der Waals surface area contributed by atoms with Crippen LogP contribution in [0.4, 0.5) is 0 Å².